The predicted octanol–water partition coefficient (Wildman–Crippen LogP) is 3.58. The Labute approximate surface area is 166 Å². The smallest absolute Gasteiger partial charge is 0.254 e. The number of nitrogens with one attached hydrogen (secondary N) is 1. The third-order valence-electron chi connectivity index (χ3n) is 5.08. The van der Waals surface area contributed by atoms with E-state index in [4.69, 9.17) is 4.74 Å². The summed E-state index contributed by atoms with van der Waals surface area (Å²) in [5, 5.41) is 3.10. The molecule has 0 unspecified atom stereocenters. The first-order valence-electron chi connectivity index (χ1n) is 9.95. The molecule has 0 aromatic heterocycles. The molecule has 0 bridgehead atoms. The average Bonchev–Trinajstić information content (AvgIpc) is 2.72. The fourth-order valence-electron chi connectivity index (χ4n) is 3.45. The second-order valence-electron chi connectivity index (χ2n) is 7.21. The van der Waals surface area contributed by atoms with Crippen molar-refractivity contribution in [3.05, 3.63) is 65.7 Å². The fraction of sp³-hybridized carbons (Fsp3) is 0.391. The first-order valence-corrected chi connectivity index (χ1v) is 9.95. The maximum absolute atomic E-state index is 12.7. The summed E-state index contributed by atoms with van der Waals surface area (Å²) in [4.78, 5) is 26.7. The Morgan fingerprint density at radius 1 is 1.04 bits per heavy atom. The molecule has 0 radical (unpaired) electrons. The Morgan fingerprint density at radius 2 is 1.71 bits per heavy atom. The lowest BCUT2D eigenvalue weighted by Crippen LogP contribution is -2.46. The zero-order chi connectivity index (χ0) is 19.8. The summed E-state index contributed by atoms with van der Waals surface area (Å²) in [6, 6.07) is 17.4. The minimum Gasteiger partial charge on any atom is -0.494 e. The average molecular weight is 380 g/mol. The number of nitrogens with zero attached hydrogens (tertiary/aromatic N) is 1. The molecule has 3 rings (SSSR count). The SMILES string of the molecule is Cc1ccccc1C(=O)N1CCC(NC(=O)CCCOc2ccccc2)CC1. The van der Waals surface area contributed by atoms with Crippen LogP contribution >= 0.6 is 0 Å². The molecule has 1 heterocycles. The largest absolute Gasteiger partial charge is 0.494 e. The van der Waals surface area contributed by atoms with Crippen LogP contribution in [0.25, 0.3) is 0 Å². The lowest BCUT2D eigenvalue weighted by Gasteiger charge is -2.32. The van der Waals surface area contributed by atoms with E-state index in [2.05, 4.69) is 5.32 Å². The van der Waals surface area contributed by atoms with Crippen LogP contribution in [0.5, 0.6) is 5.75 Å². The molecular weight excluding hydrogens is 352 g/mol. The number of carbonyl (C=O) groups excluding carboxylic acids is 2. The van der Waals surface area contributed by atoms with Crippen molar-refractivity contribution in [2.24, 2.45) is 0 Å². The number of amides is 2. The van der Waals surface area contributed by atoms with Crippen molar-refractivity contribution in [1.82, 2.24) is 10.2 Å². The summed E-state index contributed by atoms with van der Waals surface area (Å²) in [5.74, 6) is 0.967. The molecule has 0 aliphatic carbocycles. The zero-order valence-electron chi connectivity index (χ0n) is 16.4. The number of ether oxygens (including phenoxy) is 1. The van der Waals surface area contributed by atoms with Crippen molar-refractivity contribution in [2.75, 3.05) is 19.7 Å². The molecule has 1 saturated heterocycles. The van der Waals surface area contributed by atoms with Crippen molar-refractivity contribution >= 4 is 11.8 Å². The summed E-state index contributed by atoms with van der Waals surface area (Å²) in [5.41, 5.74) is 1.77. The van der Waals surface area contributed by atoms with E-state index in [0.29, 0.717) is 32.5 Å². The van der Waals surface area contributed by atoms with Gasteiger partial charge in [-0.2, -0.15) is 0 Å². The van der Waals surface area contributed by atoms with Gasteiger partial charge in [-0.05, 0) is 49.9 Å². The van der Waals surface area contributed by atoms with Crippen LogP contribution in [-0.2, 0) is 4.79 Å². The van der Waals surface area contributed by atoms with Gasteiger partial charge in [-0.3, -0.25) is 9.59 Å². The molecule has 2 amide bonds. The van der Waals surface area contributed by atoms with Gasteiger partial charge in [0, 0.05) is 31.1 Å². The van der Waals surface area contributed by atoms with Crippen LogP contribution in [0.4, 0.5) is 0 Å². The number of hydrogen-bond donors (Lipinski definition) is 1. The predicted molar refractivity (Wildman–Crippen MR) is 109 cm³/mol. The standard InChI is InChI=1S/C23H28N2O3/c1-18-8-5-6-11-21(18)23(27)25-15-13-19(14-16-25)24-22(26)12-7-17-28-20-9-3-2-4-10-20/h2-6,8-11,19H,7,12-17H2,1H3,(H,24,26). The summed E-state index contributed by atoms with van der Waals surface area (Å²) in [7, 11) is 0. The second kappa shape index (κ2) is 9.93. The fourth-order valence-corrected chi connectivity index (χ4v) is 3.45. The number of rotatable bonds is 7. The van der Waals surface area contributed by atoms with Crippen molar-refractivity contribution in [2.45, 2.75) is 38.6 Å². The van der Waals surface area contributed by atoms with E-state index in [-0.39, 0.29) is 17.9 Å². The number of hydrogen-bond acceptors (Lipinski definition) is 3. The highest BCUT2D eigenvalue weighted by Gasteiger charge is 2.25. The van der Waals surface area contributed by atoms with Gasteiger partial charge >= 0.3 is 0 Å². The highest BCUT2D eigenvalue weighted by molar-refractivity contribution is 5.95. The monoisotopic (exact) mass is 380 g/mol. The van der Waals surface area contributed by atoms with Gasteiger partial charge in [0.25, 0.3) is 5.91 Å². The van der Waals surface area contributed by atoms with Crippen LogP contribution in [0, 0.1) is 6.92 Å². The molecule has 5 nitrogen and oxygen atoms in total. The summed E-state index contributed by atoms with van der Waals surface area (Å²) < 4.78 is 5.61. The quantitative estimate of drug-likeness (QED) is 0.747. The molecule has 28 heavy (non-hydrogen) atoms. The molecular formula is C23H28N2O3. The van der Waals surface area contributed by atoms with Crippen LogP contribution in [0.15, 0.2) is 54.6 Å². The number of aryl methyl sites for hydroxylation is 1. The number of likely N-dealkylation sites (tertiary alicyclic amines) is 1. The Kier molecular flexibility index (Phi) is 7.06. The van der Waals surface area contributed by atoms with Crippen molar-refractivity contribution < 1.29 is 14.3 Å². The molecule has 1 aliphatic heterocycles. The number of benzene rings is 2. The molecule has 2 aromatic rings. The van der Waals surface area contributed by atoms with Crippen molar-refractivity contribution in [1.29, 1.82) is 0 Å². The van der Waals surface area contributed by atoms with E-state index in [1.807, 2.05) is 66.4 Å². The van der Waals surface area contributed by atoms with Crippen molar-refractivity contribution in [3.63, 3.8) is 0 Å². The minimum atomic E-state index is 0.0559. The van der Waals surface area contributed by atoms with Crippen LogP contribution < -0.4 is 10.1 Å². The van der Waals surface area contributed by atoms with E-state index in [1.165, 1.54) is 0 Å². The molecule has 0 spiro atoms. The molecule has 5 heteroatoms. The first kappa shape index (κ1) is 19.9. The maximum Gasteiger partial charge on any atom is 0.254 e. The van der Waals surface area contributed by atoms with Crippen LogP contribution in [-0.4, -0.2) is 42.5 Å². The lowest BCUT2D eigenvalue weighted by atomic mass is 10.0. The molecule has 1 N–H and O–H groups in total. The molecule has 1 aliphatic rings. The van der Waals surface area contributed by atoms with Crippen LogP contribution in [0.1, 0.15) is 41.6 Å². The van der Waals surface area contributed by atoms with Gasteiger partial charge in [0.15, 0.2) is 0 Å². The van der Waals surface area contributed by atoms with Gasteiger partial charge in [-0.1, -0.05) is 36.4 Å². The van der Waals surface area contributed by atoms with E-state index in [9.17, 15) is 9.59 Å². The Hall–Kier alpha value is -2.82. The Morgan fingerprint density at radius 3 is 2.43 bits per heavy atom. The van der Waals surface area contributed by atoms with Gasteiger partial charge in [-0.15, -0.1) is 0 Å². The molecule has 0 atom stereocenters. The van der Waals surface area contributed by atoms with Gasteiger partial charge in [-0.25, -0.2) is 0 Å². The zero-order valence-corrected chi connectivity index (χ0v) is 16.4. The van der Waals surface area contributed by atoms with Crippen molar-refractivity contribution in [3.8, 4) is 5.75 Å². The summed E-state index contributed by atoms with van der Waals surface area (Å²) in [6.45, 7) is 3.84. The van der Waals surface area contributed by atoms with E-state index >= 15 is 0 Å². The molecule has 2 aromatic carbocycles. The van der Waals surface area contributed by atoms with E-state index in [0.717, 1.165) is 29.7 Å². The first-order chi connectivity index (χ1) is 13.6. The summed E-state index contributed by atoms with van der Waals surface area (Å²) >= 11 is 0. The van der Waals surface area contributed by atoms with E-state index in [1.54, 1.807) is 0 Å². The van der Waals surface area contributed by atoms with E-state index < -0.39 is 0 Å². The Balaban J connectivity index is 1.35. The van der Waals surface area contributed by atoms with Crippen LogP contribution in [0.3, 0.4) is 0 Å². The number of piperidine rings is 1. The van der Waals surface area contributed by atoms with Gasteiger partial charge in [0.05, 0.1) is 6.61 Å². The third kappa shape index (κ3) is 5.59. The highest BCUT2D eigenvalue weighted by atomic mass is 16.5. The van der Waals surface area contributed by atoms with Gasteiger partial charge in [0.2, 0.25) is 5.91 Å². The van der Waals surface area contributed by atoms with Gasteiger partial charge in [0.1, 0.15) is 5.75 Å². The second-order valence-corrected chi connectivity index (χ2v) is 7.21. The Bertz CT molecular complexity index is 783. The van der Waals surface area contributed by atoms with Crippen LogP contribution in [0.2, 0.25) is 0 Å². The normalized spacial score (nSPS) is 14.5. The number of carbonyl (C=O) groups is 2. The lowest BCUT2D eigenvalue weighted by molar-refractivity contribution is -0.122. The highest BCUT2D eigenvalue weighted by Crippen LogP contribution is 2.16. The molecule has 148 valence electrons. The maximum atomic E-state index is 12.7. The topological polar surface area (TPSA) is 58.6 Å². The summed E-state index contributed by atoms with van der Waals surface area (Å²) in [6.07, 6.45) is 2.73. The van der Waals surface area contributed by atoms with Gasteiger partial charge < -0.3 is 15.0 Å². The number of para-hydroxylation sites is 1. The minimum absolute atomic E-state index is 0.0559. The molecule has 1 fully saturated rings. The third-order valence-corrected chi connectivity index (χ3v) is 5.08. The molecule has 0 saturated carbocycles.